The lowest BCUT2D eigenvalue weighted by Gasteiger charge is -2.47. The second-order valence-electron chi connectivity index (χ2n) is 8.90. The maximum absolute atomic E-state index is 12.3. The zero-order valence-corrected chi connectivity index (χ0v) is 15.9. The SMILES string of the molecule is CC(=O)NCC12CC(C(=O)O)(C1)C1(CCN(C(=O)OC(C)(C)C)CC1)O2. The van der Waals surface area contributed by atoms with Gasteiger partial charge in [-0.15, -0.1) is 0 Å². The number of aliphatic carboxylic acids is 1. The molecule has 4 aliphatic rings. The van der Waals surface area contributed by atoms with Gasteiger partial charge in [-0.1, -0.05) is 0 Å². The van der Waals surface area contributed by atoms with E-state index in [-0.39, 0.29) is 12.0 Å². The fourth-order valence-corrected chi connectivity index (χ4v) is 4.70. The molecule has 8 nitrogen and oxygen atoms in total. The van der Waals surface area contributed by atoms with Gasteiger partial charge in [0.15, 0.2) is 0 Å². The molecule has 0 aromatic rings. The van der Waals surface area contributed by atoms with Crippen LogP contribution < -0.4 is 5.32 Å². The summed E-state index contributed by atoms with van der Waals surface area (Å²) in [5.74, 6) is -1.00. The van der Waals surface area contributed by atoms with Gasteiger partial charge in [0.05, 0.1) is 11.2 Å². The third-order valence-electron chi connectivity index (χ3n) is 5.82. The summed E-state index contributed by atoms with van der Waals surface area (Å²) in [5.41, 5.74) is -2.87. The van der Waals surface area contributed by atoms with Crippen molar-refractivity contribution in [1.29, 1.82) is 0 Å². The molecule has 2 amide bonds. The van der Waals surface area contributed by atoms with E-state index in [4.69, 9.17) is 9.47 Å². The highest BCUT2D eigenvalue weighted by molar-refractivity contribution is 5.80. The molecule has 0 atom stereocenters. The van der Waals surface area contributed by atoms with Crippen LogP contribution in [0, 0.1) is 5.41 Å². The molecule has 2 N–H and O–H groups in total. The van der Waals surface area contributed by atoms with E-state index in [1.54, 1.807) is 4.90 Å². The van der Waals surface area contributed by atoms with Crippen molar-refractivity contribution in [1.82, 2.24) is 10.2 Å². The van der Waals surface area contributed by atoms with Crippen molar-refractivity contribution in [3.63, 3.8) is 0 Å². The molecule has 2 bridgehead atoms. The number of ether oxygens (including phenoxy) is 2. The van der Waals surface area contributed by atoms with Crippen LogP contribution in [0.2, 0.25) is 0 Å². The lowest BCUT2D eigenvalue weighted by atomic mass is 9.54. The van der Waals surface area contributed by atoms with Gasteiger partial charge >= 0.3 is 12.1 Å². The summed E-state index contributed by atoms with van der Waals surface area (Å²) in [4.78, 5) is 37.2. The van der Waals surface area contributed by atoms with Gasteiger partial charge in [0.2, 0.25) is 5.91 Å². The number of carbonyl (C=O) groups is 3. The Kier molecular flexibility index (Phi) is 4.25. The number of nitrogens with zero attached hydrogens (tertiary/aromatic N) is 1. The summed E-state index contributed by atoms with van der Waals surface area (Å²) in [6.07, 6.45) is 1.35. The third kappa shape index (κ3) is 2.94. The van der Waals surface area contributed by atoms with Crippen LogP contribution in [0.25, 0.3) is 0 Å². The Labute approximate surface area is 153 Å². The summed E-state index contributed by atoms with van der Waals surface area (Å²) in [7, 11) is 0. The number of rotatable bonds is 3. The van der Waals surface area contributed by atoms with Crippen molar-refractivity contribution in [3.8, 4) is 0 Å². The van der Waals surface area contributed by atoms with E-state index in [0.717, 1.165) is 0 Å². The molecule has 146 valence electrons. The summed E-state index contributed by atoms with van der Waals surface area (Å²) in [5, 5.41) is 12.6. The number of carboxylic acids is 1. The molecule has 1 aliphatic carbocycles. The molecule has 0 aromatic heterocycles. The van der Waals surface area contributed by atoms with Gasteiger partial charge in [-0.2, -0.15) is 0 Å². The van der Waals surface area contributed by atoms with E-state index < -0.39 is 28.2 Å². The maximum Gasteiger partial charge on any atom is 0.410 e. The lowest BCUT2D eigenvalue weighted by Crippen LogP contribution is -2.59. The van der Waals surface area contributed by atoms with Crippen LogP contribution in [0.15, 0.2) is 0 Å². The first-order valence-electron chi connectivity index (χ1n) is 9.09. The number of carbonyl (C=O) groups excluding carboxylic acids is 2. The van der Waals surface area contributed by atoms with E-state index in [9.17, 15) is 19.5 Å². The standard InChI is InChI=1S/C18H28N2O6/c1-12(21)19-11-16-9-17(10-16,13(22)23)18(26-16)5-7-20(8-6-18)14(24)25-15(2,3)4/h5-11H2,1-4H3,(H,19,21)(H,22,23). The molecule has 3 aliphatic heterocycles. The quantitative estimate of drug-likeness (QED) is 0.783. The predicted octanol–water partition coefficient (Wildman–Crippen LogP) is 1.53. The Morgan fingerprint density at radius 3 is 2.23 bits per heavy atom. The van der Waals surface area contributed by atoms with Gasteiger partial charge in [-0.05, 0) is 46.5 Å². The molecule has 4 fully saturated rings. The second kappa shape index (κ2) is 5.84. The largest absolute Gasteiger partial charge is 0.481 e. The molecule has 3 heterocycles. The highest BCUT2D eigenvalue weighted by Gasteiger charge is 2.78. The molecule has 26 heavy (non-hydrogen) atoms. The summed E-state index contributed by atoms with van der Waals surface area (Å²) >= 11 is 0. The monoisotopic (exact) mass is 368 g/mol. The fourth-order valence-electron chi connectivity index (χ4n) is 4.70. The Morgan fingerprint density at radius 1 is 1.19 bits per heavy atom. The van der Waals surface area contributed by atoms with Gasteiger partial charge in [-0.25, -0.2) is 4.79 Å². The minimum Gasteiger partial charge on any atom is -0.481 e. The molecule has 1 saturated carbocycles. The number of hydrogen-bond acceptors (Lipinski definition) is 5. The number of likely N-dealkylation sites (tertiary alicyclic amines) is 1. The molecule has 0 radical (unpaired) electrons. The normalized spacial score (nSPS) is 32.1. The van der Waals surface area contributed by atoms with Crippen molar-refractivity contribution < 1.29 is 29.0 Å². The lowest BCUT2D eigenvalue weighted by molar-refractivity contribution is -0.160. The summed E-state index contributed by atoms with van der Waals surface area (Å²) < 4.78 is 11.7. The van der Waals surface area contributed by atoms with E-state index in [1.165, 1.54) is 6.92 Å². The molecule has 8 heteroatoms. The Morgan fingerprint density at radius 2 is 1.77 bits per heavy atom. The van der Waals surface area contributed by atoms with Crippen LogP contribution in [0.1, 0.15) is 53.4 Å². The average Bonchev–Trinajstić information content (AvgIpc) is 2.89. The molecular weight excluding hydrogens is 340 g/mol. The van der Waals surface area contributed by atoms with Crippen molar-refractivity contribution >= 4 is 18.0 Å². The van der Waals surface area contributed by atoms with Gasteiger partial charge in [0.25, 0.3) is 0 Å². The van der Waals surface area contributed by atoms with Crippen molar-refractivity contribution in [3.05, 3.63) is 0 Å². The molecular formula is C18H28N2O6. The molecule has 0 unspecified atom stereocenters. The minimum absolute atomic E-state index is 0.156. The molecule has 4 rings (SSSR count). The van der Waals surface area contributed by atoms with Crippen LogP contribution >= 0.6 is 0 Å². The topological polar surface area (TPSA) is 105 Å². The summed E-state index contributed by atoms with van der Waals surface area (Å²) in [6, 6.07) is 0. The fraction of sp³-hybridized carbons (Fsp3) is 0.833. The van der Waals surface area contributed by atoms with E-state index in [0.29, 0.717) is 45.3 Å². The number of nitrogens with one attached hydrogen (secondary N) is 1. The van der Waals surface area contributed by atoms with E-state index in [1.807, 2.05) is 20.8 Å². The number of hydrogen-bond donors (Lipinski definition) is 2. The number of carboxylic acid groups (broad SMARTS) is 1. The zero-order chi connectivity index (χ0) is 19.4. The molecule has 3 saturated heterocycles. The number of amides is 2. The van der Waals surface area contributed by atoms with Crippen LogP contribution in [0.4, 0.5) is 4.79 Å². The van der Waals surface area contributed by atoms with Gasteiger partial charge in [0.1, 0.15) is 11.0 Å². The minimum atomic E-state index is -0.925. The Hall–Kier alpha value is -1.83. The first-order valence-corrected chi connectivity index (χ1v) is 9.09. The zero-order valence-electron chi connectivity index (χ0n) is 15.9. The summed E-state index contributed by atoms with van der Waals surface area (Å²) in [6.45, 7) is 8.02. The first kappa shape index (κ1) is 18.9. The van der Waals surface area contributed by atoms with Gasteiger partial charge < -0.3 is 24.8 Å². The number of piperidine rings is 1. The van der Waals surface area contributed by atoms with Crippen LogP contribution in [0.5, 0.6) is 0 Å². The van der Waals surface area contributed by atoms with Crippen molar-refractivity contribution in [2.45, 2.75) is 70.2 Å². The van der Waals surface area contributed by atoms with Gasteiger partial charge in [0, 0.05) is 26.6 Å². The van der Waals surface area contributed by atoms with Crippen LogP contribution in [0.3, 0.4) is 0 Å². The highest BCUT2D eigenvalue weighted by Crippen LogP contribution is 2.69. The van der Waals surface area contributed by atoms with E-state index in [2.05, 4.69) is 5.32 Å². The second-order valence-corrected chi connectivity index (χ2v) is 8.90. The highest BCUT2D eigenvalue weighted by atomic mass is 16.6. The predicted molar refractivity (Wildman–Crippen MR) is 91.6 cm³/mol. The van der Waals surface area contributed by atoms with Gasteiger partial charge in [-0.3, -0.25) is 9.59 Å². The molecule has 0 aromatic carbocycles. The Balaban J connectivity index is 1.70. The third-order valence-corrected chi connectivity index (χ3v) is 5.82. The molecule has 1 spiro atoms. The average molecular weight is 368 g/mol. The van der Waals surface area contributed by atoms with Crippen molar-refractivity contribution in [2.75, 3.05) is 19.6 Å². The first-order chi connectivity index (χ1) is 11.9. The smallest absolute Gasteiger partial charge is 0.410 e. The van der Waals surface area contributed by atoms with Crippen LogP contribution in [-0.2, 0) is 19.1 Å². The van der Waals surface area contributed by atoms with E-state index >= 15 is 0 Å². The maximum atomic E-state index is 12.3. The van der Waals surface area contributed by atoms with Crippen LogP contribution in [-0.4, -0.2) is 64.4 Å². The van der Waals surface area contributed by atoms with Crippen molar-refractivity contribution in [2.24, 2.45) is 5.41 Å². The Bertz CT molecular complexity index is 624.